The van der Waals surface area contributed by atoms with E-state index in [0.717, 1.165) is 24.8 Å². The van der Waals surface area contributed by atoms with Crippen molar-refractivity contribution in [1.29, 1.82) is 0 Å². The molecule has 0 aromatic carbocycles. The number of rotatable bonds is 12. The lowest BCUT2D eigenvalue weighted by Crippen LogP contribution is -2.50. The van der Waals surface area contributed by atoms with Crippen LogP contribution in [0, 0.1) is 29.7 Å². The number of fused-ring (bicyclic) bond motifs is 1. The normalized spacial score (nSPS) is 28.9. The summed E-state index contributed by atoms with van der Waals surface area (Å²) < 4.78 is 25.3. The summed E-state index contributed by atoms with van der Waals surface area (Å²) in [5.74, 6) is 1.87. The van der Waals surface area contributed by atoms with E-state index < -0.39 is 16.6 Å². The highest BCUT2D eigenvalue weighted by molar-refractivity contribution is 6.74. The zero-order valence-corrected chi connectivity index (χ0v) is 36.2. The summed E-state index contributed by atoms with van der Waals surface area (Å²) >= 11 is 0. The first-order valence-electron chi connectivity index (χ1n) is 19.1. The number of hydrogen-bond acceptors (Lipinski definition) is 4. The van der Waals surface area contributed by atoms with Crippen molar-refractivity contribution in [3.8, 4) is 0 Å². The first-order chi connectivity index (χ1) is 22.5. The van der Waals surface area contributed by atoms with Gasteiger partial charge in [0.15, 0.2) is 22.8 Å². The zero-order chi connectivity index (χ0) is 37.1. The van der Waals surface area contributed by atoms with Crippen LogP contribution in [0.3, 0.4) is 0 Å². The summed E-state index contributed by atoms with van der Waals surface area (Å²) in [5, 5.41) is 0.169. The van der Waals surface area contributed by atoms with Crippen LogP contribution < -0.4 is 0 Å². The molecule has 3 aliphatic rings. The molecule has 3 saturated carbocycles. The predicted molar refractivity (Wildman–Crippen MR) is 212 cm³/mol. The minimum Gasteiger partial charge on any atom is -0.411 e. The maximum atomic E-state index is 7.84. The van der Waals surface area contributed by atoms with Gasteiger partial charge in [-0.05, 0) is 130 Å². The van der Waals surface area contributed by atoms with Crippen LogP contribution in [0.25, 0.3) is 4.85 Å². The topological polar surface area (TPSA) is 41.3 Å². The van der Waals surface area contributed by atoms with Gasteiger partial charge in [-0.1, -0.05) is 90.8 Å². The van der Waals surface area contributed by atoms with Crippen molar-refractivity contribution in [2.45, 2.75) is 175 Å². The molecule has 0 saturated heterocycles. The van der Waals surface area contributed by atoms with Crippen molar-refractivity contribution in [3.63, 3.8) is 0 Å². The molecule has 3 aliphatic carbocycles. The van der Waals surface area contributed by atoms with E-state index in [9.17, 15) is 0 Å². The van der Waals surface area contributed by atoms with Gasteiger partial charge in [-0.25, -0.2) is 4.85 Å². The van der Waals surface area contributed by atoms with Crippen molar-refractivity contribution < 1.29 is 18.3 Å². The van der Waals surface area contributed by atoms with Crippen LogP contribution in [0.15, 0.2) is 47.2 Å². The third-order valence-electron chi connectivity index (χ3n) is 13.2. The average Bonchev–Trinajstić information content (AvgIpc) is 3.32. The zero-order valence-electron chi connectivity index (χ0n) is 34.2. The maximum absolute atomic E-state index is 7.84. The van der Waals surface area contributed by atoms with Gasteiger partial charge in [0.1, 0.15) is 6.79 Å². The minimum atomic E-state index is -2.09. The van der Waals surface area contributed by atoms with E-state index in [1.165, 1.54) is 37.7 Å². The number of hydrogen-bond donors (Lipinski definition) is 0. The highest BCUT2D eigenvalue weighted by Crippen LogP contribution is 2.59. The second kappa shape index (κ2) is 16.2. The summed E-state index contributed by atoms with van der Waals surface area (Å²) in [4.78, 5) is 3.81. The molecule has 0 radical (unpaired) electrons. The average molecular weight is 712 g/mol. The third kappa shape index (κ3) is 10.4. The molecule has 3 fully saturated rings. The summed E-state index contributed by atoms with van der Waals surface area (Å²) in [6.45, 7) is 40.6. The van der Waals surface area contributed by atoms with Crippen molar-refractivity contribution in [2.24, 2.45) is 23.2 Å². The van der Waals surface area contributed by atoms with E-state index in [1.807, 2.05) is 0 Å². The van der Waals surface area contributed by atoms with E-state index in [-0.39, 0.29) is 27.9 Å². The van der Waals surface area contributed by atoms with Crippen LogP contribution in [0.2, 0.25) is 36.3 Å². The Morgan fingerprint density at radius 3 is 2.00 bits per heavy atom. The molecule has 7 heteroatoms. The molecule has 0 spiro atoms. The quantitative estimate of drug-likeness (QED) is 0.0874. The number of allylic oxidation sites excluding steroid dienone is 4. The Hall–Kier alpha value is -1.28. The smallest absolute Gasteiger partial charge is 0.192 e. The Balaban J connectivity index is 1.90. The van der Waals surface area contributed by atoms with E-state index in [1.54, 1.807) is 18.9 Å². The first-order valence-corrected chi connectivity index (χ1v) is 24.9. The van der Waals surface area contributed by atoms with Crippen LogP contribution in [0.1, 0.15) is 121 Å². The highest BCUT2D eigenvalue weighted by Gasteiger charge is 2.50. The lowest BCUT2D eigenvalue weighted by atomic mass is 9.61. The molecule has 49 heavy (non-hydrogen) atoms. The second-order valence-corrected chi connectivity index (χ2v) is 28.9. The van der Waals surface area contributed by atoms with Crippen LogP contribution in [-0.2, 0) is 18.3 Å². The minimum absolute atomic E-state index is 0.0845. The number of methoxy groups -OCH3 is 1. The molecule has 3 unspecified atom stereocenters. The van der Waals surface area contributed by atoms with Gasteiger partial charge in [-0.3, -0.25) is 0 Å². The lowest BCUT2D eigenvalue weighted by molar-refractivity contribution is -0.112. The Labute approximate surface area is 304 Å². The summed E-state index contributed by atoms with van der Waals surface area (Å²) in [7, 11) is -2.51. The van der Waals surface area contributed by atoms with Gasteiger partial charge in [0.2, 0.25) is 0 Å². The van der Waals surface area contributed by atoms with E-state index in [2.05, 4.69) is 125 Å². The van der Waals surface area contributed by atoms with Gasteiger partial charge in [0.05, 0.1) is 24.4 Å². The van der Waals surface area contributed by atoms with Gasteiger partial charge in [0.25, 0.3) is 0 Å². The van der Waals surface area contributed by atoms with Gasteiger partial charge < -0.3 is 18.3 Å². The van der Waals surface area contributed by atoms with E-state index >= 15 is 0 Å². The van der Waals surface area contributed by atoms with Gasteiger partial charge in [-0.15, -0.1) is 0 Å². The van der Waals surface area contributed by atoms with Crippen molar-refractivity contribution in [1.82, 2.24) is 0 Å². The van der Waals surface area contributed by atoms with Crippen LogP contribution in [-0.4, -0.2) is 48.3 Å². The molecule has 278 valence electrons. The van der Waals surface area contributed by atoms with Crippen LogP contribution in [0.4, 0.5) is 0 Å². The SMILES string of the molecule is [C-]#[N+]C=C1[C@H](O[Si](C)(C)C(C)(C)C)CC(=C/C=C2\CCCC3(C)C2CCC3[C@H](C)/C=C/CC(C)(C)OCOC)C[C@H]1O[Si](C)(C)C(C)(C)C. The molecule has 5 nitrogen and oxygen atoms in total. The fraction of sp³-hybridized carbons (Fsp3) is 0.786. The lowest BCUT2D eigenvalue weighted by Gasteiger charge is -2.46. The first kappa shape index (κ1) is 42.1. The van der Waals surface area contributed by atoms with Crippen molar-refractivity contribution in [3.05, 3.63) is 58.6 Å². The molecule has 0 heterocycles. The molecule has 0 bridgehead atoms. The summed E-state index contributed by atoms with van der Waals surface area (Å²) in [6, 6.07) is 0. The van der Waals surface area contributed by atoms with E-state index in [4.69, 9.17) is 24.9 Å². The number of nitrogens with zero attached hydrogens (tertiary/aromatic N) is 1. The highest BCUT2D eigenvalue weighted by atomic mass is 28.4. The van der Waals surface area contributed by atoms with Crippen molar-refractivity contribution in [2.75, 3.05) is 13.9 Å². The molecule has 0 aromatic rings. The van der Waals surface area contributed by atoms with Crippen molar-refractivity contribution >= 4 is 16.6 Å². The molecule has 0 aromatic heterocycles. The Kier molecular flexibility index (Phi) is 13.9. The predicted octanol–water partition coefficient (Wildman–Crippen LogP) is 12.4. The van der Waals surface area contributed by atoms with Gasteiger partial charge >= 0.3 is 0 Å². The summed E-state index contributed by atoms with van der Waals surface area (Å²) in [6.07, 6.45) is 20.2. The Bertz CT molecular complexity index is 1250. The molecule has 0 aliphatic heterocycles. The molecule has 0 amide bonds. The van der Waals surface area contributed by atoms with Gasteiger partial charge in [-0.2, -0.15) is 0 Å². The molecule has 6 atom stereocenters. The molecule has 0 N–H and O–H groups in total. The molecule has 3 rings (SSSR count). The standard InChI is InChI=1S/C42H73NO4Si2/c1-31(19-17-25-41(8,9)45-30-44-12)35-23-24-36-33(20-18-26-42(35,36)10)22-21-32-27-37(46-48(13,14)39(2,3)4)34(29-43-11)38(28-32)47-49(15,16)40(5,6)7/h17,19,21-22,29,31,35-38H,18,20,23-28,30H2,1-10,12-16H3/b19-17+,32-21?,33-22+,34-29?/t31-,35?,36?,37-,38-,42?/m1/s1. The monoisotopic (exact) mass is 712 g/mol. The van der Waals surface area contributed by atoms with Gasteiger partial charge in [0, 0.05) is 7.11 Å². The third-order valence-corrected chi connectivity index (χ3v) is 22.1. The van der Waals surface area contributed by atoms with E-state index in [0.29, 0.717) is 30.0 Å². The van der Waals surface area contributed by atoms with Crippen LogP contribution >= 0.6 is 0 Å². The number of ether oxygens (including phenoxy) is 2. The second-order valence-electron chi connectivity index (χ2n) is 19.4. The Morgan fingerprint density at radius 1 is 0.918 bits per heavy atom. The summed E-state index contributed by atoms with van der Waals surface area (Å²) in [5.41, 5.74) is 4.19. The Morgan fingerprint density at radius 2 is 1.49 bits per heavy atom. The van der Waals surface area contributed by atoms with Crippen LogP contribution in [0.5, 0.6) is 0 Å². The maximum Gasteiger partial charge on any atom is 0.192 e. The fourth-order valence-electron chi connectivity index (χ4n) is 8.01. The largest absolute Gasteiger partial charge is 0.411 e. The molecular weight excluding hydrogens is 639 g/mol. The molecular formula is C42H73NO4Si2. The fourth-order valence-corrected chi connectivity index (χ4v) is 10.6.